The predicted molar refractivity (Wildman–Crippen MR) is 102 cm³/mol. The lowest BCUT2D eigenvalue weighted by Crippen LogP contribution is -2.37. The van der Waals surface area contributed by atoms with E-state index in [1.165, 1.54) is 10.9 Å². The van der Waals surface area contributed by atoms with Crippen molar-refractivity contribution in [2.45, 2.75) is 26.1 Å². The zero-order valence-electron chi connectivity index (χ0n) is 14.9. The molecular formula is C18H20F3N5S. The Morgan fingerprint density at radius 2 is 2.04 bits per heavy atom. The van der Waals surface area contributed by atoms with Gasteiger partial charge >= 0.3 is 6.18 Å². The van der Waals surface area contributed by atoms with Crippen LogP contribution >= 0.6 is 11.3 Å². The highest BCUT2D eigenvalue weighted by Gasteiger charge is 2.33. The number of aromatic nitrogens is 2. The van der Waals surface area contributed by atoms with E-state index in [2.05, 4.69) is 31.7 Å². The summed E-state index contributed by atoms with van der Waals surface area (Å²) in [6.45, 7) is 2.88. The van der Waals surface area contributed by atoms with Crippen LogP contribution in [0.2, 0.25) is 0 Å². The van der Waals surface area contributed by atoms with Gasteiger partial charge in [0.1, 0.15) is 5.01 Å². The number of hydrogen-bond acceptors (Lipinski definition) is 3. The standard InChI is InChI=1S/C18H20F3N5S/c1-11-12(13-5-3-4-6-14(13)25-11)7-8-23-17(22-2)24-9-16-26-15(10-27-16)18(19,20)21/h3-6,10,25H,7-9H2,1-2H3,(H2,22,23,24). The van der Waals surface area contributed by atoms with Gasteiger partial charge in [0.15, 0.2) is 11.7 Å². The largest absolute Gasteiger partial charge is 0.434 e. The molecule has 0 spiro atoms. The van der Waals surface area contributed by atoms with Gasteiger partial charge < -0.3 is 15.6 Å². The van der Waals surface area contributed by atoms with Gasteiger partial charge in [0.25, 0.3) is 0 Å². The molecule has 0 atom stereocenters. The Morgan fingerprint density at radius 1 is 1.26 bits per heavy atom. The molecule has 27 heavy (non-hydrogen) atoms. The maximum atomic E-state index is 12.6. The summed E-state index contributed by atoms with van der Waals surface area (Å²) in [5.74, 6) is 0.524. The van der Waals surface area contributed by atoms with E-state index in [1.54, 1.807) is 7.05 Å². The molecule has 0 bridgehead atoms. The number of guanidine groups is 1. The van der Waals surface area contributed by atoms with E-state index in [0.29, 0.717) is 17.5 Å². The van der Waals surface area contributed by atoms with Crippen molar-refractivity contribution in [3.05, 3.63) is 51.6 Å². The van der Waals surface area contributed by atoms with Crippen molar-refractivity contribution < 1.29 is 13.2 Å². The lowest BCUT2D eigenvalue weighted by Gasteiger charge is -2.11. The fraction of sp³-hybridized carbons (Fsp3) is 0.333. The normalized spacial score (nSPS) is 12.6. The van der Waals surface area contributed by atoms with Crippen LogP contribution in [0.4, 0.5) is 13.2 Å². The Morgan fingerprint density at radius 3 is 2.74 bits per heavy atom. The summed E-state index contributed by atoms with van der Waals surface area (Å²) in [6.07, 6.45) is -3.61. The monoisotopic (exact) mass is 395 g/mol. The van der Waals surface area contributed by atoms with Crippen molar-refractivity contribution >= 4 is 28.2 Å². The Labute approximate surface area is 158 Å². The second kappa shape index (κ2) is 7.99. The van der Waals surface area contributed by atoms with Gasteiger partial charge in [-0.3, -0.25) is 4.99 Å². The van der Waals surface area contributed by atoms with Crippen LogP contribution in [0.1, 0.15) is 22.0 Å². The molecule has 0 amide bonds. The molecule has 5 nitrogen and oxygen atoms in total. The number of halogens is 3. The minimum Gasteiger partial charge on any atom is -0.358 e. The highest BCUT2D eigenvalue weighted by atomic mass is 32.1. The summed E-state index contributed by atoms with van der Waals surface area (Å²) in [5.41, 5.74) is 2.62. The summed E-state index contributed by atoms with van der Waals surface area (Å²) in [5, 5.41) is 8.76. The Hall–Kier alpha value is -2.55. The van der Waals surface area contributed by atoms with Crippen molar-refractivity contribution in [3.63, 3.8) is 0 Å². The van der Waals surface area contributed by atoms with Crippen molar-refractivity contribution in [1.82, 2.24) is 20.6 Å². The number of hydrogen-bond donors (Lipinski definition) is 3. The maximum Gasteiger partial charge on any atom is 0.434 e. The van der Waals surface area contributed by atoms with Crippen molar-refractivity contribution in [1.29, 1.82) is 0 Å². The van der Waals surface area contributed by atoms with E-state index in [0.717, 1.165) is 34.3 Å². The van der Waals surface area contributed by atoms with Gasteiger partial charge in [-0.1, -0.05) is 18.2 Å². The van der Waals surface area contributed by atoms with Crippen LogP contribution in [-0.2, 0) is 19.1 Å². The number of nitrogens with one attached hydrogen (secondary N) is 3. The van der Waals surface area contributed by atoms with E-state index in [1.807, 2.05) is 25.1 Å². The van der Waals surface area contributed by atoms with E-state index in [9.17, 15) is 13.2 Å². The predicted octanol–water partition coefficient (Wildman–Crippen LogP) is 3.86. The number of aromatic amines is 1. The van der Waals surface area contributed by atoms with Crippen LogP contribution < -0.4 is 10.6 Å². The molecular weight excluding hydrogens is 375 g/mol. The van der Waals surface area contributed by atoms with E-state index < -0.39 is 11.9 Å². The Balaban J connectivity index is 1.53. The highest BCUT2D eigenvalue weighted by Crippen LogP contribution is 2.29. The third-order valence-electron chi connectivity index (χ3n) is 4.17. The average molecular weight is 395 g/mol. The number of H-pyrrole nitrogens is 1. The molecule has 9 heteroatoms. The van der Waals surface area contributed by atoms with Crippen molar-refractivity contribution in [3.8, 4) is 0 Å². The molecule has 0 saturated carbocycles. The molecule has 2 heterocycles. The van der Waals surface area contributed by atoms with Gasteiger partial charge in [-0.15, -0.1) is 11.3 Å². The molecule has 3 N–H and O–H groups in total. The highest BCUT2D eigenvalue weighted by molar-refractivity contribution is 7.09. The first-order valence-electron chi connectivity index (χ1n) is 8.41. The van der Waals surface area contributed by atoms with Crippen LogP contribution in [0.15, 0.2) is 34.6 Å². The SMILES string of the molecule is CN=C(NCCc1c(C)[nH]c2ccccc12)NCc1nc(C(F)(F)F)cs1. The second-order valence-electron chi connectivity index (χ2n) is 6.00. The summed E-state index contributed by atoms with van der Waals surface area (Å²) in [7, 11) is 1.62. The van der Waals surface area contributed by atoms with Gasteiger partial charge in [-0.2, -0.15) is 13.2 Å². The molecule has 3 rings (SSSR count). The number of aryl methyl sites for hydroxylation is 1. The van der Waals surface area contributed by atoms with Gasteiger partial charge in [-0.25, -0.2) is 4.98 Å². The zero-order chi connectivity index (χ0) is 19.4. The smallest absolute Gasteiger partial charge is 0.358 e. The number of alkyl halides is 3. The van der Waals surface area contributed by atoms with Crippen molar-refractivity contribution in [2.75, 3.05) is 13.6 Å². The van der Waals surface area contributed by atoms with E-state index >= 15 is 0 Å². The second-order valence-corrected chi connectivity index (χ2v) is 6.94. The van der Waals surface area contributed by atoms with Crippen LogP contribution in [0.25, 0.3) is 10.9 Å². The number of nitrogens with zero attached hydrogens (tertiary/aromatic N) is 2. The first-order chi connectivity index (χ1) is 12.9. The fourth-order valence-corrected chi connectivity index (χ4v) is 3.61. The summed E-state index contributed by atoms with van der Waals surface area (Å²) in [4.78, 5) is 11.1. The Bertz CT molecular complexity index is 942. The lowest BCUT2D eigenvalue weighted by atomic mass is 10.1. The number of thiazole rings is 1. The topological polar surface area (TPSA) is 65.1 Å². The minimum atomic E-state index is -4.41. The van der Waals surface area contributed by atoms with Crippen LogP contribution in [-0.4, -0.2) is 29.5 Å². The Kier molecular flexibility index (Phi) is 5.69. The molecule has 0 unspecified atom stereocenters. The zero-order valence-corrected chi connectivity index (χ0v) is 15.8. The first kappa shape index (κ1) is 19.2. The van der Waals surface area contributed by atoms with Gasteiger partial charge in [0, 0.05) is 35.6 Å². The van der Waals surface area contributed by atoms with Crippen LogP contribution in [0, 0.1) is 6.92 Å². The average Bonchev–Trinajstić information content (AvgIpc) is 3.22. The van der Waals surface area contributed by atoms with Crippen molar-refractivity contribution in [2.24, 2.45) is 4.99 Å². The molecule has 3 aromatic rings. The molecule has 0 aliphatic heterocycles. The van der Waals surface area contributed by atoms with Gasteiger partial charge in [-0.05, 0) is 25.0 Å². The number of para-hydroxylation sites is 1. The first-order valence-corrected chi connectivity index (χ1v) is 9.28. The molecule has 0 aliphatic rings. The molecule has 144 valence electrons. The van der Waals surface area contributed by atoms with Crippen LogP contribution in [0.5, 0.6) is 0 Å². The molecule has 0 aliphatic carbocycles. The van der Waals surface area contributed by atoms with E-state index in [-0.39, 0.29) is 6.54 Å². The lowest BCUT2D eigenvalue weighted by molar-refractivity contribution is -0.140. The molecule has 0 radical (unpaired) electrons. The quantitative estimate of drug-likeness (QED) is 0.454. The third kappa shape index (κ3) is 4.60. The molecule has 0 saturated heterocycles. The summed E-state index contributed by atoms with van der Waals surface area (Å²) < 4.78 is 37.8. The molecule has 0 fully saturated rings. The maximum absolute atomic E-state index is 12.6. The minimum absolute atomic E-state index is 0.187. The number of benzene rings is 1. The molecule has 2 aromatic heterocycles. The number of aliphatic imine (C=N–C) groups is 1. The summed E-state index contributed by atoms with van der Waals surface area (Å²) >= 11 is 0.974. The number of fused-ring (bicyclic) bond motifs is 1. The third-order valence-corrected chi connectivity index (χ3v) is 5.02. The van der Waals surface area contributed by atoms with Crippen LogP contribution in [0.3, 0.4) is 0 Å². The summed E-state index contributed by atoms with van der Waals surface area (Å²) in [6, 6.07) is 8.13. The van der Waals surface area contributed by atoms with Gasteiger partial charge in [0.2, 0.25) is 0 Å². The van der Waals surface area contributed by atoms with E-state index in [4.69, 9.17) is 0 Å². The fourth-order valence-electron chi connectivity index (χ4n) is 2.87. The van der Waals surface area contributed by atoms with Gasteiger partial charge in [0.05, 0.1) is 6.54 Å². The molecule has 1 aromatic carbocycles. The number of rotatable bonds is 5.